The summed E-state index contributed by atoms with van der Waals surface area (Å²) in [5.41, 5.74) is 0.325. The second-order valence-electron chi connectivity index (χ2n) is 7.17. The Bertz CT molecular complexity index is 934. The number of sulfonamides is 1. The van der Waals surface area contributed by atoms with E-state index in [4.69, 9.17) is 23.2 Å². The summed E-state index contributed by atoms with van der Waals surface area (Å²) in [7, 11) is -3.99. The molecule has 1 atom stereocenters. The molecule has 30 heavy (non-hydrogen) atoms. The van der Waals surface area contributed by atoms with Crippen molar-refractivity contribution in [1.29, 1.82) is 0 Å². The summed E-state index contributed by atoms with van der Waals surface area (Å²) in [6.07, 6.45) is 4.20. The van der Waals surface area contributed by atoms with Crippen LogP contribution in [0.15, 0.2) is 53.4 Å². The molecule has 5 nitrogen and oxygen atoms in total. The monoisotopic (exact) mass is 470 g/mol. The molecule has 0 unspecified atom stereocenters. The lowest BCUT2D eigenvalue weighted by atomic mass is 9.99. The zero-order valence-corrected chi connectivity index (χ0v) is 19.6. The van der Waals surface area contributed by atoms with Crippen molar-refractivity contribution in [2.45, 2.75) is 44.4 Å². The number of halogens is 2. The van der Waals surface area contributed by atoms with Crippen molar-refractivity contribution < 1.29 is 13.2 Å². The SMILES string of the molecule is CCCC[C@H](CC)CNC(=O)CN(c1cccc(Cl)c1)S(=O)(=O)c1ccc(Cl)cc1. The van der Waals surface area contributed by atoms with E-state index < -0.39 is 10.0 Å². The van der Waals surface area contributed by atoms with E-state index in [-0.39, 0.29) is 17.3 Å². The summed E-state index contributed by atoms with van der Waals surface area (Å²) in [6, 6.07) is 12.3. The highest BCUT2D eigenvalue weighted by atomic mass is 35.5. The number of hydrogen-bond donors (Lipinski definition) is 1. The van der Waals surface area contributed by atoms with E-state index in [2.05, 4.69) is 19.2 Å². The van der Waals surface area contributed by atoms with Gasteiger partial charge in [-0.25, -0.2) is 8.42 Å². The summed E-state index contributed by atoms with van der Waals surface area (Å²) in [6.45, 7) is 4.42. The van der Waals surface area contributed by atoms with E-state index in [1.165, 1.54) is 30.3 Å². The normalized spacial score (nSPS) is 12.4. The van der Waals surface area contributed by atoms with E-state index in [1.807, 2.05) is 0 Å². The topological polar surface area (TPSA) is 66.5 Å². The molecule has 2 aromatic carbocycles. The maximum atomic E-state index is 13.3. The fourth-order valence-electron chi connectivity index (χ4n) is 3.07. The lowest BCUT2D eigenvalue weighted by molar-refractivity contribution is -0.119. The van der Waals surface area contributed by atoms with E-state index >= 15 is 0 Å². The summed E-state index contributed by atoms with van der Waals surface area (Å²) in [5, 5.41) is 3.70. The van der Waals surface area contributed by atoms with Crippen molar-refractivity contribution >= 4 is 44.8 Å². The fourth-order valence-corrected chi connectivity index (χ4v) is 4.79. The highest BCUT2D eigenvalue weighted by Gasteiger charge is 2.27. The fraction of sp³-hybridized carbons (Fsp3) is 0.409. The smallest absolute Gasteiger partial charge is 0.264 e. The van der Waals surface area contributed by atoms with Gasteiger partial charge in [0.1, 0.15) is 6.54 Å². The predicted octanol–water partition coefficient (Wildman–Crippen LogP) is 5.52. The van der Waals surface area contributed by atoms with Crippen LogP contribution in [0.25, 0.3) is 0 Å². The lowest BCUT2D eigenvalue weighted by Gasteiger charge is -2.25. The number of amides is 1. The second-order valence-corrected chi connectivity index (χ2v) is 9.90. The third kappa shape index (κ3) is 6.89. The number of carbonyl (C=O) groups is 1. The van der Waals surface area contributed by atoms with Crippen LogP contribution in [0, 0.1) is 5.92 Å². The van der Waals surface area contributed by atoms with E-state index in [9.17, 15) is 13.2 Å². The van der Waals surface area contributed by atoms with Crippen LogP contribution in [-0.2, 0) is 14.8 Å². The van der Waals surface area contributed by atoms with Crippen LogP contribution in [0.3, 0.4) is 0 Å². The van der Waals surface area contributed by atoms with Gasteiger partial charge in [-0.2, -0.15) is 0 Å². The van der Waals surface area contributed by atoms with Gasteiger partial charge in [0.05, 0.1) is 10.6 Å². The van der Waals surface area contributed by atoms with Crippen LogP contribution in [0.2, 0.25) is 10.0 Å². The molecule has 0 aromatic heterocycles. The van der Waals surface area contributed by atoms with Crippen LogP contribution in [0.1, 0.15) is 39.5 Å². The highest BCUT2D eigenvalue weighted by Crippen LogP contribution is 2.26. The van der Waals surface area contributed by atoms with Gasteiger partial charge in [0.15, 0.2) is 0 Å². The molecule has 164 valence electrons. The molecule has 0 heterocycles. The second kappa shape index (κ2) is 11.6. The molecule has 0 radical (unpaired) electrons. The molecular weight excluding hydrogens is 443 g/mol. The van der Waals surface area contributed by atoms with Crippen molar-refractivity contribution in [2.24, 2.45) is 5.92 Å². The Labute approximate surface area is 189 Å². The van der Waals surface area contributed by atoms with E-state index in [0.29, 0.717) is 28.2 Å². The Morgan fingerprint density at radius 2 is 1.77 bits per heavy atom. The standard InChI is InChI=1S/C22H28Cl2N2O3S/c1-3-5-7-17(4-2)15-25-22(27)16-26(20-9-6-8-19(24)14-20)30(28,29)21-12-10-18(23)11-13-21/h6,8-14,17H,3-5,7,15-16H2,1-2H3,(H,25,27)/t17-/m0/s1. The maximum Gasteiger partial charge on any atom is 0.264 e. The average Bonchev–Trinajstić information content (AvgIpc) is 2.72. The molecule has 0 aliphatic heterocycles. The number of carbonyl (C=O) groups excluding carboxylic acids is 1. The van der Waals surface area contributed by atoms with Gasteiger partial charge in [-0.1, -0.05) is 62.4 Å². The minimum absolute atomic E-state index is 0.0501. The van der Waals surface area contributed by atoms with Gasteiger partial charge in [0, 0.05) is 16.6 Å². The molecule has 1 amide bonds. The Hall–Kier alpha value is -1.76. The molecular formula is C22H28Cl2N2O3S. The molecule has 2 aromatic rings. The number of anilines is 1. The largest absolute Gasteiger partial charge is 0.354 e. The minimum Gasteiger partial charge on any atom is -0.354 e. The summed E-state index contributed by atoms with van der Waals surface area (Å²) in [5.74, 6) is 0.0175. The van der Waals surface area contributed by atoms with Crippen LogP contribution < -0.4 is 9.62 Å². The van der Waals surface area contributed by atoms with Crippen LogP contribution >= 0.6 is 23.2 Å². The summed E-state index contributed by atoms with van der Waals surface area (Å²) >= 11 is 12.0. The van der Waals surface area contributed by atoms with Gasteiger partial charge in [0.2, 0.25) is 5.91 Å². The van der Waals surface area contributed by atoms with Crippen molar-refractivity contribution in [3.05, 3.63) is 58.6 Å². The van der Waals surface area contributed by atoms with E-state index in [0.717, 1.165) is 30.0 Å². The molecule has 0 fully saturated rings. The van der Waals surface area contributed by atoms with E-state index in [1.54, 1.807) is 18.2 Å². The van der Waals surface area contributed by atoms with Gasteiger partial charge in [0.25, 0.3) is 10.0 Å². The maximum absolute atomic E-state index is 13.3. The van der Waals surface area contributed by atoms with Crippen molar-refractivity contribution in [1.82, 2.24) is 5.32 Å². The summed E-state index contributed by atoms with van der Waals surface area (Å²) < 4.78 is 27.6. The average molecular weight is 471 g/mol. The van der Waals surface area contributed by atoms with Crippen LogP contribution in [0.5, 0.6) is 0 Å². The molecule has 0 aliphatic rings. The molecule has 0 spiro atoms. The first-order valence-electron chi connectivity index (χ1n) is 10.1. The zero-order chi connectivity index (χ0) is 22.1. The van der Waals surface area contributed by atoms with Crippen LogP contribution in [0.4, 0.5) is 5.69 Å². The highest BCUT2D eigenvalue weighted by molar-refractivity contribution is 7.92. The third-order valence-electron chi connectivity index (χ3n) is 4.92. The van der Waals surface area contributed by atoms with Gasteiger partial charge in [-0.05, 0) is 54.8 Å². The lowest BCUT2D eigenvalue weighted by Crippen LogP contribution is -2.42. The Morgan fingerprint density at radius 3 is 2.37 bits per heavy atom. The number of hydrogen-bond acceptors (Lipinski definition) is 3. The minimum atomic E-state index is -3.99. The summed E-state index contributed by atoms with van der Waals surface area (Å²) in [4.78, 5) is 12.7. The molecule has 2 rings (SSSR count). The molecule has 0 aliphatic carbocycles. The third-order valence-corrected chi connectivity index (χ3v) is 7.19. The first-order chi connectivity index (χ1) is 14.3. The molecule has 0 saturated heterocycles. The molecule has 8 heteroatoms. The molecule has 0 bridgehead atoms. The Morgan fingerprint density at radius 1 is 1.07 bits per heavy atom. The Balaban J connectivity index is 2.24. The van der Waals surface area contributed by atoms with Crippen molar-refractivity contribution in [3.63, 3.8) is 0 Å². The number of nitrogens with one attached hydrogen (secondary N) is 1. The quantitative estimate of drug-likeness (QED) is 0.469. The first kappa shape index (κ1) is 24.5. The number of rotatable bonds is 11. The number of benzene rings is 2. The van der Waals surface area contributed by atoms with Gasteiger partial charge in [-0.3, -0.25) is 9.10 Å². The van der Waals surface area contributed by atoms with Crippen LogP contribution in [-0.4, -0.2) is 27.4 Å². The molecule has 1 N–H and O–H groups in total. The first-order valence-corrected chi connectivity index (χ1v) is 12.3. The number of unbranched alkanes of at least 4 members (excludes halogenated alkanes) is 1. The van der Waals surface area contributed by atoms with Gasteiger partial charge in [-0.15, -0.1) is 0 Å². The predicted molar refractivity (Wildman–Crippen MR) is 124 cm³/mol. The van der Waals surface area contributed by atoms with Crippen molar-refractivity contribution in [2.75, 3.05) is 17.4 Å². The van der Waals surface area contributed by atoms with Gasteiger partial charge < -0.3 is 5.32 Å². The van der Waals surface area contributed by atoms with Crippen molar-refractivity contribution in [3.8, 4) is 0 Å². The van der Waals surface area contributed by atoms with Gasteiger partial charge >= 0.3 is 0 Å². The zero-order valence-electron chi connectivity index (χ0n) is 17.3. The molecule has 0 saturated carbocycles. The Kier molecular flexibility index (Phi) is 9.46. The number of nitrogens with zero attached hydrogens (tertiary/aromatic N) is 1.